The smallest absolute Gasteiger partial charge is 0.463 e. The molecule has 1 unspecified atom stereocenters. The van der Waals surface area contributed by atoms with Crippen molar-refractivity contribution in [1.82, 2.24) is 19.5 Å². The highest BCUT2D eigenvalue weighted by molar-refractivity contribution is 7.48. The van der Waals surface area contributed by atoms with Crippen LogP contribution in [0.5, 0.6) is 0 Å². The van der Waals surface area contributed by atoms with Crippen LogP contribution in [0.15, 0.2) is 6.33 Å². The second-order valence-electron chi connectivity index (χ2n) is 8.24. The first-order chi connectivity index (χ1) is 15.1. The molecule has 2 aromatic rings. The lowest BCUT2D eigenvalue weighted by molar-refractivity contribution is -0.152. The van der Waals surface area contributed by atoms with Crippen LogP contribution in [0, 0.1) is 12.8 Å². The molecule has 4 rings (SSSR count). The molecular formula is C19H28N5O7P. The van der Waals surface area contributed by atoms with Crippen LogP contribution >= 0.6 is 7.82 Å². The van der Waals surface area contributed by atoms with E-state index < -0.39 is 32.2 Å². The number of fused-ring (bicyclic) bond motifs is 2. The molecule has 12 nitrogen and oxygen atoms in total. The van der Waals surface area contributed by atoms with Gasteiger partial charge in [0.05, 0.1) is 31.6 Å². The fourth-order valence-electron chi connectivity index (χ4n) is 3.63. The molecule has 13 heteroatoms. The number of ether oxygens (including phenoxy) is 2. The number of carbonyl (C=O) groups is 1. The normalized spacial score (nSPS) is 28.7. The molecular weight excluding hydrogens is 441 g/mol. The predicted octanol–water partition coefficient (Wildman–Crippen LogP) is 2.52. The summed E-state index contributed by atoms with van der Waals surface area (Å²) in [5.74, 6) is 0.0987. The number of hydrogen-bond acceptors (Lipinski definition) is 11. The summed E-state index contributed by atoms with van der Waals surface area (Å²) in [6.45, 7) is 7.14. The van der Waals surface area contributed by atoms with Gasteiger partial charge in [-0.25, -0.2) is 19.5 Å². The van der Waals surface area contributed by atoms with Crippen LogP contribution in [0.3, 0.4) is 0 Å². The van der Waals surface area contributed by atoms with Crippen LogP contribution in [0.4, 0.5) is 5.82 Å². The summed E-state index contributed by atoms with van der Waals surface area (Å²) in [6.07, 6.45) is 0.796. The van der Waals surface area contributed by atoms with Gasteiger partial charge in [0.15, 0.2) is 11.5 Å². The van der Waals surface area contributed by atoms with E-state index in [9.17, 15) is 9.36 Å². The minimum atomic E-state index is -3.77. The molecule has 2 N–H and O–H groups in total. The molecule has 2 aliphatic heterocycles. The molecule has 0 aliphatic carbocycles. The topological polar surface area (TPSA) is 150 Å². The molecule has 5 atom stereocenters. The lowest BCUT2D eigenvalue weighted by atomic mass is 10.1. The zero-order chi connectivity index (χ0) is 23.0. The van der Waals surface area contributed by atoms with Crippen LogP contribution < -0.4 is 5.73 Å². The van der Waals surface area contributed by atoms with E-state index in [0.29, 0.717) is 35.6 Å². The fourth-order valence-corrected chi connectivity index (χ4v) is 5.04. The van der Waals surface area contributed by atoms with E-state index in [4.69, 9.17) is 28.8 Å². The first-order valence-corrected chi connectivity index (χ1v) is 12.0. The molecule has 0 spiro atoms. The number of phosphoric acid groups is 1. The Morgan fingerprint density at radius 3 is 2.88 bits per heavy atom. The third-order valence-electron chi connectivity index (χ3n) is 5.27. The Balaban J connectivity index is 1.36. The van der Waals surface area contributed by atoms with E-state index in [1.54, 1.807) is 38.6 Å². The first kappa shape index (κ1) is 23.1. The number of nitrogens with zero attached hydrogens (tertiary/aromatic N) is 4. The summed E-state index contributed by atoms with van der Waals surface area (Å²) >= 11 is 0. The number of hydrogen-bond donors (Lipinski definition) is 1. The van der Waals surface area contributed by atoms with E-state index in [1.807, 2.05) is 0 Å². The van der Waals surface area contributed by atoms with E-state index in [1.165, 1.54) is 0 Å². The van der Waals surface area contributed by atoms with Gasteiger partial charge in [-0.2, -0.15) is 0 Å². The highest BCUT2D eigenvalue weighted by atomic mass is 31.2. The van der Waals surface area contributed by atoms with Crippen molar-refractivity contribution in [3.63, 3.8) is 0 Å². The Morgan fingerprint density at radius 1 is 1.34 bits per heavy atom. The van der Waals surface area contributed by atoms with E-state index >= 15 is 0 Å². The molecule has 0 radical (unpaired) electrons. The fraction of sp³-hybridized carbons (Fsp3) is 0.684. The van der Waals surface area contributed by atoms with Gasteiger partial charge in [-0.3, -0.25) is 22.9 Å². The lowest BCUT2D eigenvalue weighted by Crippen LogP contribution is -2.33. The standard InChI is InChI=1S/C19H28N5O7P/c1-10(2)29-19(25)11(3)5-6-27-32(26)28-8-14-13(31-32)7-15(30-14)24-9-21-16-17(20)22-12(4)23-18(16)24/h9-11,13-15H,5-8H2,1-4H3,(H2,20,22,23)/t11-,13-,14+,15+,32?/m0/s1. The molecule has 0 saturated carbocycles. The molecule has 4 heterocycles. The van der Waals surface area contributed by atoms with Crippen molar-refractivity contribution in [2.75, 3.05) is 18.9 Å². The van der Waals surface area contributed by atoms with Gasteiger partial charge in [-0.15, -0.1) is 0 Å². The SMILES string of the molecule is Cc1nc(N)c2ncn([C@H]3C[C@@H]4OP(=O)(OCC[C@H](C)C(=O)OC(C)C)OC[C@H]4O3)c2n1. The number of nitrogens with two attached hydrogens (primary N) is 1. The lowest BCUT2D eigenvalue weighted by Gasteiger charge is -2.30. The molecule has 2 saturated heterocycles. The molecule has 0 bridgehead atoms. The largest absolute Gasteiger partial charge is 0.475 e. The van der Waals surface area contributed by atoms with Gasteiger partial charge in [0.2, 0.25) is 0 Å². The molecule has 32 heavy (non-hydrogen) atoms. The zero-order valence-corrected chi connectivity index (χ0v) is 19.4. The Kier molecular flexibility index (Phi) is 6.51. The summed E-state index contributed by atoms with van der Waals surface area (Å²) in [7, 11) is -3.77. The van der Waals surface area contributed by atoms with E-state index in [2.05, 4.69) is 15.0 Å². The number of carbonyl (C=O) groups excluding carboxylic acids is 1. The van der Waals surface area contributed by atoms with Crippen molar-refractivity contribution in [1.29, 1.82) is 0 Å². The second kappa shape index (κ2) is 9.03. The number of rotatable bonds is 7. The van der Waals surface area contributed by atoms with Crippen molar-refractivity contribution in [2.45, 2.75) is 65.1 Å². The first-order valence-electron chi connectivity index (χ1n) is 10.6. The number of esters is 1. The highest BCUT2D eigenvalue weighted by Crippen LogP contribution is 2.56. The number of aromatic nitrogens is 4. The van der Waals surface area contributed by atoms with Crippen molar-refractivity contribution >= 4 is 30.8 Å². The Hall–Kier alpha value is -2.11. The number of nitrogen functional groups attached to an aromatic ring is 1. The number of aryl methyl sites for hydroxylation is 1. The third-order valence-corrected chi connectivity index (χ3v) is 6.76. The maximum absolute atomic E-state index is 12.9. The average Bonchev–Trinajstić information content (AvgIpc) is 3.30. The number of phosphoric ester groups is 1. The highest BCUT2D eigenvalue weighted by Gasteiger charge is 2.48. The van der Waals surface area contributed by atoms with Crippen LogP contribution in [-0.2, 0) is 32.4 Å². The van der Waals surface area contributed by atoms with Gasteiger partial charge in [-0.05, 0) is 27.2 Å². The van der Waals surface area contributed by atoms with Crippen LogP contribution in [0.2, 0.25) is 0 Å². The molecule has 2 fully saturated rings. The van der Waals surface area contributed by atoms with Gasteiger partial charge in [-0.1, -0.05) is 6.92 Å². The minimum absolute atomic E-state index is 0.0367. The summed E-state index contributed by atoms with van der Waals surface area (Å²) in [6, 6.07) is 0. The third kappa shape index (κ3) is 4.79. The minimum Gasteiger partial charge on any atom is -0.463 e. The molecule has 0 amide bonds. The van der Waals surface area contributed by atoms with Crippen LogP contribution in [0.25, 0.3) is 11.2 Å². The van der Waals surface area contributed by atoms with E-state index in [0.717, 1.165) is 0 Å². The second-order valence-corrected chi connectivity index (χ2v) is 9.86. The van der Waals surface area contributed by atoms with Gasteiger partial charge in [0.1, 0.15) is 29.8 Å². The van der Waals surface area contributed by atoms with Gasteiger partial charge < -0.3 is 15.2 Å². The molecule has 2 aliphatic rings. The summed E-state index contributed by atoms with van der Waals surface area (Å²) in [5.41, 5.74) is 6.98. The van der Waals surface area contributed by atoms with Crippen molar-refractivity contribution in [3.05, 3.63) is 12.2 Å². The quantitative estimate of drug-likeness (QED) is 0.470. The summed E-state index contributed by atoms with van der Waals surface area (Å²) < 4.78 is 42.3. The molecule has 2 aromatic heterocycles. The van der Waals surface area contributed by atoms with Gasteiger partial charge >= 0.3 is 13.8 Å². The Morgan fingerprint density at radius 2 is 2.12 bits per heavy atom. The van der Waals surface area contributed by atoms with Crippen molar-refractivity contribution in [3.8, 4) is 0 Å². The van der Waals surface area contributed by atoms with Crippen molar-refractivity contribution < 1.29 is 32.4 Å². The van der Waals surface area contributed by atoms with Crippen molar-refractivity contribution in [2.24, 2.45) is 5.92 Å². The maximum Gasteiger partial charge on any atom is 0.475 e. The van der Waals surface area contributed by atoms with Gasteiger partial charge in [0, 0.05) is 6.42 Å². The van der Waals surface area contributed by atoms with Crippen LogP contribution in [-0.4, -0.2) is 57.0 Å². The maximum atomic E-state index is 12.9. The van der Waals surface area contributed by atoms with Gasteiger partial charge in [0.25, 0.3) is 0 Å². The van der Waals surface area contributed by atoms with Crippen LogP contribution in [0.1, 0.15) is 45.7 Å². The predicted molar refractivity (Wildman–Crippen MR) is 112 cm³/mol. The zero-order valence-electron chi connectivity index (χ0n) is 18.5. The Bertz CT molecular complexity index is 1040. The average molecular weight is 469 g/mol. The summed E-state index contributed by atoms with van der Waals surface area (Å²) in [5, 5.41) is 0. The number of anilines is 1. The van der Waals surface area contributed by atoms with E-state index in [-0.39, 0.29) is 25.3 Å². The monoisotopic (exact) mass is 469 g/mol. The molecule has 176 valence electrons. The summed E-state index contributed by atoms with van der Waals surface area (Å²) in [4.78, 5) is 24.7. The molecule has 0 aromatic carbocycles. The number of imidazole rings is 1. The Labute approximate surface area is 185 Å².